The molecular weight excluding hydrogens is 348 g/mol. The summed E-state index contributed by atoms with van der Waals surface area (Å²) in [7, 11) is -1.49. The van der Waals surface area contributed by atoms with Crippen molar-refractivity contribution >= 4 is 20.8 Å². The monoisotopic (exact) mass is 368 g/mol. The number of nitrogens with zero attached hydrogens (tertiary/aromatic N) is 2. The minimum Gasteiger partial charge on any atom is -0.481 e. The molecule has 3 aromatic rings. The topological polar surface area (TPSA) is 59.5 Å². The second-order valence-corrected chi connectivity index (χ2v) is 8.52. The van der Waals surface area contributed by atoms with Crippen LogP contribution >= 0.6 is 0 Å². The van der Waals surface area contributed by atoms with Crippen LogP contribution in [-0.2, 0) is 16.6 Å². The summed E-state index contributed by atoms with van der Waals surface area (Å²) >= 11 is 0. The summed E-state index contributed by atoms with van der Waals surface area (Å²) in [5.41, 5.74) is 3.01. The van der Waals surface area contributed by atoms with E-state index in [2.05, 4.69) is 4.98 Å². The molecule has 1 saturated heterocycles. The van der Waals surface area contributed by atoms with Crippen LogP contribution in [0.1, 0.15) is 12.0 Å². The van der Waals surface area contributed by atoms with E-state index in [4.69, 9.17) is 4.74 Å². The second-order valence-electron chi connectivity index (χ2n) is 6.43. The highest BCUT2D eigenvalue weighted by Crippen LogP contribution is 2.33. The molecule has 2 aromatic carbocycles. The third kappa shape index (κ3) is 3.06. The Morgan fingerprint density at radius 3 is 2.65 bits per heavy atom. The Morgan fingerprint density at radius 2 is 1.92 bits per heavy atom. The first-order valence-electron chi connectivity index (χ1n) is 8.57. The average Bonchev–Trinajstić information content (AvgIpc) is 2.99. The van der Waals surface area contributed by atoms with Crippen molar-refractivity contribution in [3.63, 3.8) is 0 Å². The van der Waals surface area contributed by atoms with E-state index in [-0.39, 0.29) is 5.75 Å². The first kappa shape index (κ1) is 17.0. The Labute approximate surface area is 153 Å². The minimum absolute atomic E-state index is 0.250. The van der Waals surface area contributed by atoms with Crippen molar-refractivity contribution in [1.29, 1.82) is 0 Å². The van der Waals surface area contributed by atoms with Crippen LogP contribution in [0.4, 0.5) is 0 Å². The Kier molecular flexibility index (Phi) is 4.38. The van der Waals surface area contributed by atoms with Crippen LogP contribution in [-0.4, -0.2) is 37.1 Å². The maximum absolute atomic E-state index is 12.1. The smallest absolute Gasteiger partial charge is 0.221 e. The Morgan fingerprint density at radius 1 is 1.12 bits per heavy atom. The molecule has 5 nitrogen and oxygen atoms in total. The summed E-state index contributed by atoms with van der Waals surface area (Å²) in [6, 6.07) is 16.0. The first-order valence-corrected chi connectivity index (χ1v) is 10.2. The third-order valence-corrected chi connectivity index (χ3v) is 6.66. The molecule has 1 aromatic heterocycles. The molecule has 0 bridgehead atoms. The summed E-state index contributed by atoms with van der Waals surface area (Å²) in [6.45, 7) is 1.01. The van der Waals surface area contributed by atoms with Crippen molar-refractivity contribution in [2.45, 2.75) is 13.0 Å². The van der Waals surface area contributed by atoms with Gasteiger partial charge >= 0.3 is 0 Å². The highest BCUT2D eigenvalue weighted by atomic mass is 32.2. The van der Waals surface area contributed by atoms with Crippen molar-refractivity contribution < 1.29 is 13.2 Å². The fraction of sp³-hybridized carbons (Fsp3) is 0.250. The molecule has 0 amide bonds. The maximum Gasteiger partial charge on any atom is 0.221 e. The highest BCUT2D eigenvalue weighted by Gasteiger charge is 2.28. The fourth-order valence-electron chi connectivity index (χ4n) is 3.47. The number of hydrogen-bond donors (Lipinski definition) is 0. The van der Waals surface area contributed by atoms with E-state index in [0.29, 0.717) is 25.4 Å². The van der Waals surface area contributed by atoms with Gasteiger partial charge in [-0.3, -0.25) is 0 Å². The van der Waals surface area contributed by atoms with Gasteiger partial charge in [0.15, 0.2) is 0 Å². The SMILES string of the molecule is COc1ncc(-c2cccc(CN3CCCS3(=O)=O)c2)c2ccccc12. The zero-order valence-electron chi connectivity index (χ0n) is 14.6. The summed E-state index contributed by atoms with van der Waals surface area (Å²) < 4.78 is 31.1. The van der Waals surface area contributed by atoms with E-state index < -0.39 is 10.0 Å². The van der Waals surface area contributed by atoms with Gasteiger partial charge in [-0.15, -0.1) is 0 Å². The second kappa shape index (κ2) is 6.70. The molecule has 0 radical (unpaired) electrons. The van der Waals surface area contributed by atoms with Gasteiger partial charge in [-0.2, -0.15) is 4.31 Å². The number of aromatic nitrogens is 1. The first-order chi connectivity index (χ1) is 12.6. The molecule has 2 heterocycles. The number of hydrogen-bond acceptors (Lipinski definition) is 4. The van der Waals surface area contributed by atoms with Gasteiger partial charge in [0.1, 0.15) is 0 Å². The van der Waals surface area contributed by atoms with Gasteiger partial charge < -0.3 is 4.74 Å². The number of fused-ring (bicyclic) bond motifs is 1. The zero-order chi connectivity index (χ0) is 18.1. The minimum atomic E-state index is -3.10. The quantitative estimate of drug-likeness (QED) is 0.708. The number of benzene rings is 2. The molecule has 4 rings (SSSR count). The lowest BCUT2D eigenvalue weighted by Crippen LogP contribution is -2.25. The van der Waals surface area contributed by atoms with Crippen molar-refractivity contribution in [3.8, 4) is 17.0 Å². The molecule has 0 aliphatic carbocycles. The summed E-state index contributed by atoms with van der Waals surface area (Å²) in [6.07, 6.45) is 2.52. The van der Waals surface area contributed by atoms with Gasteiger partial charge in [0, 0.05) is 30.2 Å². The van der Waals surface area contributed by atoms with Crippen molar-refractivity contribution in [2.24, 2.45) is 0 Å². The molecule has 1 fully saturated rings. The number of ether oxygens (including phenoxy) is 1. The van der Waals surface area contributed by atoms with Crippen LogP contribution in [0.3, 0.4) is 0 Å². The van der Waals surface area contributed by atoms with Crippen molar-refractivity contribution in [1.82, 2.24) is 9.29 Å². The Hall–Kier alpha value is -2.44. The van der Waals surface area contributed by atoms with Crippen LogP contribution in [0, 0.1) is 0 Å². The maximum atomic E-state index is 12.1. The van der Waals surface area contributed by atoms with Gasteiger partial charge in [-0.25, -0.2) is 13.4 Å². The molecule has 134 valence electrons. The van der Waals surface area contributed by atoms with Crippen LogP contribution in [0.25, 0.3) is 21.9 Å². The molecule has 0 N–H and O–H groups in total. The largest absolute Gasteiger partial charge is 0.481 e. The Balaban J connectivity index is 1.75. The molecular formula is C20H20N2O3S. The fourth-order valence-corrected chi connectivity index (χ4v) is 4.97. The van der Waals surface area contributed by atoms with Crippen molar-refractivity contribution in [2.75, 3.05) is 19.4 Å². The van der Waals surface area contributed by atoms with E-state index in [1.54, 1.807) is 11.4 Å². The molecule has 0 spiro atoms. The number of rotatable bonds is 4. The molecule has 6 heteroatoms. The molecule has 1 aliphatic rings. The van der Waals surface area contributed by atoms with E-state index in [9.17, 15) is 8.42 Å². The van der Waals surface area contributed by atoms with Crippen LogP contribution in [0.5, 0.6) is 5.88 Å². The zero-order valence-corrected chi connectivity index (χ0v) is 15.4. The van der Waals surface area contributed by atoms with Gasteiger partial charge in [0.2, 0.25) is 15.9 Å². The van der Waals surface area contributed by atoms with E-state index >= 15 is 0 Å². The standard InChI is InChI=1S/C20H20N2O3S/c1-25-20-18-9-3-2-8-17(18)19(13-21-20)16-7-4-6-15(12-16)14-22-10-5-11-26(22,23)24/h2-4,6-9,12-13H,5,10-11,14H2,1H3. The lowest BCUT2D eigenvalue weighted by molar-refractivity contribution is 0.403. The van der Waals surface area contributed by atoms with E-state index in [1.807, 2.05) is 54.7 Å². The normalized spacial score (nSPS) is 16.8. The van der Waals surface area contributed by atoms with Crippen LogP contribution in [0.15, 0.2) is 54.7 Å². The molecule has 0 atom stereocenters. The number of methoxy groups -OCH3 is 1. The van der Waals surface area contributed by atoms with Crippen molar-refractivity contribution in [3.05, 3.63) is 60.3 Å². The van der Waals surface area contributed by atoms with E-state index in [1.165, 1.54) is 0 Å². The summed E-state index contributed by atoms with van der Waals surface area (Å²) in [5, 5.41) is 2.02. The van der Waals surface area contributed by atoms with Gasteiger partial charge in [0.05, 0.1) is 12.9 Å². The predicted molar refractivity (Wildman–Crippen MR) is 103 cm³/mol. The van der Waals surface area contributed by atoms with Crippen LogP contribution < -0.4 is 4.74 Å². The predicted octanol–water partition coefficient (Wildman–Crippen LogP) is 3.45. The highest BCUT2D eigenvalue weighted by molar-refractivity contribution is 7.89. The van der Waals surface area contributed by atoms with Gasteiger partial charge in [-0.1, -0.05) is 36.4 Å². The summed E-state index contributed by atoms with van der Waals surface area (Å²) in [5.74, 6) is 0.850. The molecule has 0 saturated carbocycles. The number of sulfonamides is 1. The molecule has 0 unspecified atom stereocenters. The summed E-state index contributed by atoms with van der Waals surface area (Å²) in [4.78, 5) is 4.43. The Bertz CT molecular complexity index is 1060. The molecule has 1 aliphatic heterocycles. The van der Waals surface area contributed by atoms with E-state index in [0.717, 1.165) is 27.5 Å². The third-order valence-electron chi connectivity index (χ3n) is 4.75. The van der Waals surface area contributed by atoms with Crippen LogP contribution in [0.2, 0.25) is 0 Å². The lowest BCUT2D eigenvalue weighted by atomic mass is 9.99. The average molecular weight is 368 g/mol. The molecule has 26 heavy (non-hydrogen) atoms. The number of pyridine rings is 1. The van der Waals surface area contributed by atoms with Gasteiger partial charge in [0.25, 0.3) is 0 Å². The lowest BCUT2D eigenvalue weighted by Gasteiger charge is -2.15. The van der Waals surface area contributed by atoms with Gasteiger partial charge in [-0.05, 0) is 35.1 Å².